The number of hydrogen-bond donors (Lipinski definition) is 2. The molecule has 0 bridgehead atoms. The summed E-state index contributed by atoms with van der Waals surface area (Å²) in [6.07, 6.45) is 3.51. The minimum atomic E-state index is -3.36. The summed E-state index contributed by atoms with van der Waals surface area (Å²) in [5.74, 6) is 5.32. The van der Waals surface area contributed by atoms with Crippen LogP contribution < -0.4 is 16.6 Å². The molecule has 3 rings (SSSR count). The monoisotopic (exact) mass is 516 g/mol. The average molecular weight is 517 g/mol. The van der Waals surface area contributed by atoms with Crippen molar-refractivity contribution in [2.75, 3.05) is 31.4 Å². The van der Waals surface area contributed by atoms with Crippen LogP contribution in [0.3, 0.4) is 0 Å². The number of anilines is 2. The second kappa shape index (κ2) is 11.6. The van der Waals surface area contributed by atoms with E-state index in [9.17, 15) is 13.2 Å². The molecule has 1 saturated carbocycles. The Morgan fingerprint density at radius 3 is 2.42 bits per heavy atom. The summed E-state index contributed by atoms with van der Waals surface area (Å²) in [5.41, 5.74) is 12.2. The van der Waals surface area contributed by atoms with Crippen LogP contribution in [0.5, 0.6) is 0 Å². The van der Waals surface area contributed by atoms with Gasteiger partial charge in [0.2, 0.25) is 10.0 Å². The quantitative estimate of drug-likeness (QED) is 0.212. The number of hydrazine groups is 1. The van der Waals surface area contributed by atoms with Crippen LogP contribution in [0.1, 0.15) is 72.8 Å². The molecule has 198 valence electrons. The van der Waals surface area contributed by atoms with Crippen molar-refractivity contribution in [1.29, 1.82) is 0 Å². The zero-order valence-electron chi connectivity index (χ0n) is 22.1. The second-order valence-corrected chi connectivity index (χ2v) is 12.1. The zero-order chi connectivity index (χ0) is 26.6. The third-order valence-electron chi connectivity index (χ3n) is 7.29. The number of aryl methyl sites for hydroxylation is 1. The lowest BCUT2D eigenvalue weighted by molar-refractivity contribution is -0.143. The van der Waals surface area contributed by atoms with Crippen LogP contribution in [-0.4, -0.2) is 44.6 Å². The smallest absolute Gasteiger partial charge is 0.306 e. The van der Waals surface area contributed by atoms with E-state index in [4.69, 9.17) is 16.3 Å². The first kappa shape index (κ1) is 28.0. The summed E-state index contributed by atoms with van der Waals surface area (Å²) in [5, 5.41) is 1.17. The van der Waals surface area contributed by atoms with Crippen molar-refractivity contribution in [2.45, 2.75) is 70.6 Å². The van der Waals surface area contributed by atoms with E-state index in [1.807, 2.05) is 44.2 Å². The van der Waals surface area contributed by atoms with Gasteiger partial charge in [-0.25, -0.2) is 18.6 Å². The van der Waals surface area contributed by atoms with Gasteiger partial charge in [-0.1, -0.05) is 37.1 Å². The molecule has 0 aromatic heterocycles. The van der Waals surface area contributed by atoms with Crippen LogP contribution in [0.4, 0.5) is 11.4 Å². The van der Waals surface area contributed by atoms with Crippen molar-refractivity contribution in [2.24, 2.45) is 5.84 Å². The molecule has 1 atom stereocenters. The first-order valence-electron chi connectivity index (χ1n) is 12.5. The van der Waals surface area contributed by atoms with Gasteiger partial charge in [0.15, 0.2) is 0 Å². The topological polar surface area (TPSA) is 119 Å². The maximum absolute atomic E-state index is 13.1. The number of nitrogen functional groups attached to an aromatic ring is 1. The van der Waals surface area contributed by atoms with Crippen LogP contribution in [0.25, 0.3) is 0 Å². The minimum absolute atomic E-state index is 0.143. The summed E-state index contributed by atoms with van der Waals surface area (Å²) in [4.78, 5) is 12.6. The van der Waals surface area contributed by atoms with Crippen LogP contribution in [0.15, 0.2) is 30.3 Å². The summed E-state index contributed by atoms with van der Waals surface area (Å²) in [6.45, 7) is 6.26. The van der Waals surface area contributed by atoms with E-state index in [2.05, 4.69) is 0 Å². The third kappa shape index (κ3) is 6.02. The molecule has 2 aromatic rings. The summed E-state index contributed by atoms with van der Waals surface area (Å²) in [6, 6.07) is 9.79. The minimum Gasteiger partial charge on any atom is -0.466 e. The van der Waals surface area contributed by atoms with Gasteiger partial charge in [0.1, 0.15) is 0 Å². The first-order chi connectivity index (χ1) is 17.0. The van der Waals surface area contributed by atoms with Crippen molar-refractivity contribution < 1.29 is 17.9 Å². The molecular weight excluding hydrogens is 476 g/mol. The molecule has 36 heavy (non-hydrogen) atoms. The van der Waals surface area contributed by atoms with Crippen molar-refractivity contribution >= 4 is 27.4 Å². The molecule has 1 unspecified atom stereocenters. The number of rotatable bonds is 10. The fourth-order valence-corrected chi connectivity index (χ4v) is 6.82. The largest absolute Gasteiger partial charge is 0.466 e. The molecule has 0 saturated heterocycles. The summed E-state index contributed by atoms with van der Waals surface area (Å²) in [7, 11) is 0.0167. The molecule has 0 amide bonds. The number of carbonyl (C=O) groups excluding carboxylic acids is 1. The Bertz CT molecular complexity index is 1190. The van der Waals surface area contributed by atoms with Crippen LogP contribution in [0, 0.1) is 13.8 Å². The lowest BCUT2D eigenvalue weighted by atomic mass is 9.84. The van der Waals surface area contributed by atoms with E-state index in [-0.39, 0.29) is 30.1 Å². The van der Waals surface area contributed by atoms with Crippen LogP contribution in [0.2, 0.25) is 0 Å². The molecule has 1 aliphatic carbocycles. The maximum atomic E-state index is 13.1. The molecule has 1 aliphatic rings. The van der Waals surface area contributed by atoms with Crippen LogP contribution >= 0.6 is 0 Å². The van der Waals surface area contributed by atoms with Crippen molar-refractivity contribution in [3.8, 4) is 0 Å². The molecule has 2 aromatic carbocycles. The summed E-state index contributed by atoms with van der Waals surface area (Å²) >= 11 is 0. The standard InChI is InChI=1S/C27H40N4O4S/c1-6-35-26(32)16-24(23-13-14-25(31(5)29)27(28)19(23)3)20-12-11-18(2)21(15-20)17-30(4)36(33,34)22-9-7-8-10-22/h11-15,22,24H,6-10,16-17,28-29H2,1-5H3. The molecule has 0 radical (unpaired) electrons. The van der Waals surface area contributed by atoms with E-state index in [0.29, 0.717) is 18.0 Å². The highest BCUT2D eigenvalue weighted by Crippen LogP contribution is 2.37. The van der Waals surface area contributed by atoms with Gasteiger partial charge in [0.05, 0.1) is 29.7 Å². The molecule has 9 heteroatoms. The molecule has 8 nitrogen and oxygen atoms in total. The fraction of sp³-hybridized carbons (Fsp3) is 0.519. The second-order valence-electron chi connectivity index (χ2n) is 9.78. The van der Waals surface area contributed by atoms with Gasteiger partial charge in [-0.2, -0.15) is 0 Å². The van der Waals surface area contributed by atoms with Crippen molar-refractivity contribution in [3.63, 3.8) is 0 Å². The van der Waals surface area contributed by atoms with Crippen molar-refractivity contribution in [1.82, 2.24) is 4.31 Å². The summed E-state index contributed by atoms with van der Waals surface area (Å²) < 4.78 is 33.0. The Morgan fingerprint density at radius 1 is 1.14 bits per heavy atom. The number of ether oxygens (including phenoxy) is 1. The normalized spacial score (nSPS) is 15.3. The molecule has 0 heterocycles. The van der Waals surface area contributed by atoms with E-state index in [0.717, 1.165) is 53.5 Å². The SMILES string of the molecule is CCOC(=O)CC(c1ccc(C)c(CN(C)S(=O)(=O)C2CCCC2)c1)c1ccc(N(C)N)c(N)c1C. The van der Waals surface area contributed by atoms with Gasteiger partial charge < -0.3 is 15.5 Å². The van der Waals surface area contributed by atoms with Gasteiger partial charge in [-0.3, -0.25) is 4.79 Å². The number of nitrogens with zero attached hydrogens (tertiary/aromatic N) is 2. The maximum Gasteiger partial charge on any atom is 0.306 e. The molecule has 1 fully saturated rings. The van der Waals surface area contributed by atoms with Gasteiger partial charge in [0, 0.05) is 26.6 Å². The molecule has 0 spiro atoms. The highest BCUT2D eigenvalue weighted by atomic mass is 32.2. The Balaban J connectivity index is 2.01. The van der Waals surface area contributed by atoms with Gasteiger partial charge in [-0.05, 0) is 67.5 Å². The van der Waals surface area contributed by atoms with E-state index < -0.39 is 10.0 Å². The highest BCUT2D eigenvalue weighted by Gasteiger charge is 2.32. The van der Waals surface area contributed by atoms with E-state index in [1.54, 1.807) is 21.0 Å². The predicted octanol–water partition coefficient (Wildman–Crippen LogP) is 3.98. The zero-order valence-corrected chi connectivity index (χ0v) is 22.9. The number of esters is 1. The van der Waals surface area contributed by atoms with Gasteiger partial charge in [0.25, 0.3) is 0 Å². The molecular formula is C27H40N4O4S. The van der Waals surface area contributed by atoms with Gasteiger partial charge in [-0.15, -0.1) is 0 Å². The van der Waals surface area contributed by atoms with E-state index >= 15 is 0 Å². The number of carbonyl (C=O) groups is 1. The highest BCUT2D eigenvalue weighted by molar-refractivity contribution is 7.89. The number of sulfonamides is 1. The third-order valence-corrected chi connectivity index (χ3v) is 9.60. The Morgan fingerprint density at radius 2 is 1.81 bits per heavy atom. The number of benzene rings is 2. The van der Waals surface area contributed by atoms with Crippen LogP contribution in [-0.2, 0) is 26.1 Å². The van der Waals surface area contributed by atoms with Crippen molar-refractivity contribution in [3.05, 3.63) is 58.1 Å². The number of hydrogen-bond acceptors (Lipinski definition) is 7. The average Bonchev–Trinajstić information content (AvgIpc) is 3.37. The Hall–Kier alpha value is -2.62. The Labute approximate surface area is 215 Å². The lowest BCUT2D eigenvalue weighted by Gasteiger charge is -2.25. The lowest BCUT2D eigenvalue weighted by Crippen LogP contribution is -2.34. The molecule has 0 aliphatic heterocycles. The van der Waals surface area contributed by atoms with Gasteiger partial charge >= 0.3 is 5.97 Å². The predicted molar refractivity (Wildman–Crippen MR) is 145 cm³/mol. The molecule has 4 N–H and O–H groups in total. The first-order valence-corrected chi connectivity index (χ1v) is 14.0. The Kier molecular flexibility index (Phi) is 9.03. The number of nitrogens with two attached hydrogens (primary N) is 2. The van der Waals surface area contributed by atoms with E-state index in [1.165, 1.54) is 9.31 Å². The fourth-order valence-electron chi connectivity index (χ4n) is 5.06.